The number of halogens is 1. The molecule has 5 heteroatoms. The highest BCUT2D eigenvalue weighted by Gasteiger charge is 2.16. The van der Waals surface area contributed by atoms with Gasteiger partial charge in [0.05, 0.1) is 22.8 Å². The molecule has 0 bridgehead atoms. The van der Waals surface area contributed by atoms with Gasteiger partial charge in [-0.25, -0.2) is 0 Å². The van der Waals surface area contributed by atoms with Crippen molar-refractivity contribution in [2.45, 2.75) is 13.3 Å². The molecule has 0 aliphatic heterocycles. The Morgan fingerprint density at radius 2 is 2.10 bits per heavy atom. The smallest absolute Gasteiger partial charge is 0.168 e. The van der Waals surface area contributed by atoms with Gasteiger partial charge >= 0.3 is 0 Å². The molecule has 2 aromatic rings. The molecule has 0 N–H and O–H groups in total. The van der Waals surface area contributed by atoms with Gasteiger partial charge in [0.15, 0.2) is 5.78 Å². The van der Waals surface area contributed by atoms with Gasteiger partial charge in [-0.05, 0) is 19.1 Å². The number of aryl methyl sites for hydroxylation is 2. The zero-order chi connectivity index (χ0) is 14.9. The molecular formula is C15H18ClN3O. The quantitative estimate of drug-likeness (QED) is 0.813. The first kappa shape index (κ1) is 14.6. The van der Waals surface area contributed by atoms with E-state index in [0.29, 0.717) is 10.6 Å². The van der Waals surface area contributed by atoms with Crippen molar-refractivity contribution in [2.75, 3.05) is 19.0 Å². The lowest BCUT2D eigenvalue weighted by atomic mass is 10.1. The highest BCUT2D eigenvalue weighted by molar-refractivity contribution is 6.32. The van der Waals surface area contributed by atoms with Crippen LogP contribution in [0.25, 0.3) is 0 Å². The number of benzene rings is 1. The van der Waals surface area contributed by atoms with Gasteiger partial charge in [0.25, 0.3) is 0 Å². The first-order valence-corrected chi connectivity index (χ1v) is 6.76. The van der Waals surface area contributed by atoms with Crippen molar-refractivity contribution in [3.63, 3.8) is 0 Å². The molecule has 0 saturated carbocycles. The monoisotopic (exact) mass is 291 g/mol. The molecule has 1 aromatic carbocycles. The normalized spacial score (nSPS) is 10.7. The Kier molecular flexibility index (Phi) is 4.14. The van der Waals surface area contributed by atoms with Gasteiger partial charge in [-0.3, -0.25) is 9.48 Å². The summed E-state index contributed by atoms with van der Waals surface area (Å²) in [5.74, 6) is 0.0404. The summed E-state index contributed by atoms with van der Waals surface area (Å²) >= 11 is 6.18. The predicted octanol–water partition coefficient (Wildman–Crippen LogP) is 2.87. The lowest BCUT2D eigenvalue weighted by Gasteiger charge is -2.13. The van der Waals surface area contributed by atoms with Crippen LogP contribution in [0.1, 0.15) is 21.7 Å². The van der Waals surface area contributed by atoms with Crippen molar-refractivity contribution in [2.24, 2.45) is 7.05 Å². The van der Waals surface area contributed by atoms with E-state index in [4.69, 9.17) is 11.6 Å². The van der Waals surface area contributed by atoms with Crippen LogP contribution in [0.4, 0.5) is 5.69 Å². The van der Waals surface area contributed by atoms with Crippen molar-refractivity contribution in [3.8, 4) is 0 Å². The van der Waals surface area contributed by atoms with Crippen LogP contribution in [0.2, 0.25) is 5.02 Å². The average molecular weight is 292 g/mol. The predicted molar refractivity (Wildman–Crippen MR) is 81.8 cm³/mol. The number of rotatable bonds is 4. The Labute approximate surface area is 124 Å². The highest BCUT2D eigenvalue weighted by Crippen LogP contribution is 2.22. The lowest BCUT2D eigenvalue weighted by molar-refractivity contribution is 0.0991. The molecule has 0 amide bonds. The number of hydrogen-bond donors (Lipinski definition) is 0. The minimum atomic E-state index is 0.0404. The Balaban J connectivity index is 2.26. The molecule has 2 rings (SSSR count). The molecule has 0 unspecified atom stereocenters. The van der Waals surface area contributed by atoms with E-state index in [1.165, 1.54) is 0 Å². The standard InChI is InChI=1S/C15H18ClN3O/c1-10-15(16)13(19(4)17-10)9-14(20)11-6-5-7-12(8-11)18(2)3/h5-8H,9H2,1-4H3. The van der Waals surface area contributed by atoms with E-state index in [1.807, 2.05) is 50.2 Å². The van der Waals surface area contributed by atoms with Crippen molar-refractivity contribution in [1.82, 2.24) is 9.78 Å². The van der Waals surface area contributed by atoms with Crippen LogP contribution < -0.4 is 4.90 Å². The molecule has 0 fully saturated rings. The van der Waals surface area contributed by atoms with E-state index < -0.39 is 0 Å². The van der Waals surface area contributed by atoms with Gasteiger partial charge in [-0.1, -0.05) is 23.7 Å². The van der Waals surface area contributed by atoms with Crippen LogP contribution in [0.3, 0.4) is 0 Å². The summed E-state index contributed by atoms with van der Waals surface area (Å²) in [6.45, 7) is 1.84. The van der Waals surface area contributed by atoms with Gasteiger partial charge in [0, 0.05) is 32.4 Å². The summed E-state index contributed by atoms with van der Waals surface area (Å²) in [4.78, 5) is 14.4. The van der Waals surface area contributed by atoms with Crippen LogP contribution in [0.15, 0.2) is 24.3 Å². The second-order valence-electron chi connectivity index (χ2n) is 5.01. The van der Waals surface area contributed by atoms with Crippen LogP contribution in [-0.4, -0.2) is 29.7 Å². The van der Waals surface area contributed by atoms with E-state index in [2.05, 4.69) is 5.10 Å². The second-order valence-corrected chi connectivity index (χ2v) is 5.39. The third-order valence-electron chi connectivity index (χ3n) is 3.27. The zero-order valence-corrected chi connectivity index (χ0v) is 12.9. The summed E-state index contributed by atoms with van der Waals surface area (Å²) < 4.78 is 1.67. The Bertz CT molecular complexity index is 647. The summed E-state index contributed by atoms with van der Waals surface area (Å²) in [6.07, 6.45) is 0.257. The highest BCUT2D eigenvalue weighted by atomic mass is 35.5. The molecule has 4 nitrogen and oxygen atoms in total. The number of hydrogen-bond acceptors (Lipinski definition) is 3. The minimum Gasteiger partial charge on any atom is -0.378 e. The first-order valence-electron chi connectivity index (χ1n) is 6.38. The summed E-state index contributed by atoms with van der Waals surface area (Å²) in [5.41, 5.74) is 3.19. The molecule has 0 saturated heterocycles. The third kappa shape index (κ3) is 2.85. The summed E-state index contributed by atoms with van der Waals surface area (Å²) in [6, 6.07) is 7.57. The van der Waals surface area contributed by atoms with Gasteiger partial charge < -0.3 is 4.90 Å². The van der Waals surface area contributed by atoms with Crippen molar-refractivity contribution < 1.29 is 4.79 Å². The van der Waals surface area contributed by atoms with E-state index in [-0.39, 0.29) is 12.2 Å². The Morgan fingerprint density at radius 3 is 2.65 bits per heavy atom. The molecule has 20 heavy (non-hydrogen) atoms. The molecule has 0 spiro atoms. The molecule has 1 aromatic heterocycles. The van der Waals surface area contributed by atoms with Crippen LogP contribution in [0, 0.1) is 6.92 Å². The van der Waals surface area contributed by atoms with Gasteiger partial charge in [0.1, 0.15) is 0 Å². The molecule has 0 aliphatic rings. The summed E-state index contributed by atoms with van der Waals surface area (Å²) in [5, 5.41) is 4.80. The van der Waals surface area contributed by atoms with Gasteiger partial charge in [0.2, 0.25) is 0 Å². The van der Waals surface area contributed by atoms with Crippen molar-refractivity contribution in [3.05, 3.63) is 46.2 Å². The Hall–Kier alpha value is -1.81. The fourth-order valence-corrected chi connectivity index (χ4v) is 2.31. The average Bonchev–Trinajstić information content (AvgIpc) is 2.65. The largest absolute Gasteiger partial charge is 0.378 e. The van der Waals surface area contributed by atoms with Crippen LogP contribution in [0.5, 0.6) is 0 Å². The molecular weight excluding hydrogens is 274 g/mol. The number of nitrogens with zero attached hydrogens (tertiary/aromatic N) is 3. The minimum absolute atomic E-state index is 0.0404. The number of carbonyl (C=O) groups excluding carboxylic acids is 1. The lowest BCUT2D eigenvalue weighted by Crippen LogP contribution is -2.11. The van der Waals surface area contributed by atoms with E-state index in [0.717, 1.165) is 17.1 Å². The van der Waals surface area contributed by atoms with Crippen LogP contribution in [-0.2, 0) is 13.5 Å². The second kappa shape index (κ2) is 5.67. The number of carbonyl (C=O) groups is 1. The SMILES string of the molecule is Cc1nn(C)c(CC(=O)c2cccc(N(C)C)c2)c1Cl. The fourth-order valence-electron chi connectivity index (χ4n) is 2.08. The van der Waals surface area contributed by atoms with Gasteiger partial charge in [-0.15, -0.1) is 0 Å². The fraction of sp³-hybridized carbons (Fsp3) is 0.333. The molecule has 0 radical (unpaired) electrons. The molecule has 106 valence electrons. The zero-order valence-electron chi connectivity index (χ0n) is 12.1. The maximum Gasteiger partial charge on any atom is 0.168 e. The number of aromatic nitrogens is 2. The number of ketones is 1. The van der Waals surface area contributed by atoms with E-state index >= 15 is 0 Å². The Morgan fingerprint density at radius 1 is 1.40 bits per heavy atom. The van der Waals surface area contributed by atoms with Crippen molar-refractivity contribution >= 4 is 23.1 Å². The molecule has 0 atom stereocenters. The maximum atomic E-state index is 12.4. The van der Waals surface area contributed by atoms with E-state index in [1.54, 1.807) is 11.7 Å². The number of anilines is 1. The van der Waals surface area contributed by atoms with Crippen LogP contribution >= 0.6 is 11.6 Å². The van der Waals surface area contributed by atoms with Gasteiger partial charge in [-0.2, -0.15) is 5.10 Å². The first-order chi connectivity index (χ1) is 9.40. The third-order valence-corrected chi connectivity index (χ3v) is 3.77. The summed E-state index contributed by atoms with van der Waals surface area (Å²) in [7, 11) is 5.70. The van der Waals surface area contributed by atoms with Crippen molar-refractivity contribution in [1.29, 1.82) is 0 Å². The molecule has 1 heterocycles. The molecule has 0 aliphatic carbocycles. The maximum absolute atomic E-state index is 12.4. The van der Waals surface area contributed by atoms with E-state index in [9.17, 15) is 4.79 Å². The topological polar surface area (TPSA) is 38.1 Å². The number of Topliss-reactive ketones (excluding diaryl/α,β-unsaturated/α-hetero) is 1.